The summed E-state index contributed by atoms with van der Waals surface area (Å²) in [6.45, 7) is 0.386. The normalized spacial score (nSPS) is 10.4. The molecule has 1 N–H and O–H groups in total. The van der Waals surface area contributed by atoms with E-state index in [-0.39, 0.29) is 11.6 Å². The molecule has 0 spiro atoms. The maximum absolute atomic E-state index is 12.4. The highest BCUT2D eigenvalue weighted by molar-refractivity contribution is 6.30. The Balaban J connectivity index is 1.76. The van der Waals surface area contributed by atoms with Gasteiger partial charge in [-0.2, -0.15) is 5.10 Å². The molecule has 3 rings (SSSR count). The summed E-state index contributed by atoms with van der Waals surface area (Å²) in [5.41, 5.74) is 2.05. The fourth-order valence-electron chi connectivity index (χ4n) is 2.25. The van der Waals surface area contributed by atoms with Gasteiger partial charge in [0.1, 0.15) is 0 Å². The van der Waals surface area contributed by atoms with E-state index in [0.717, 1.165) is 11.3 Å². The van der Waals surface area contributed by atoms with E-state index in [1.165, 1.54) is 7.11 Å². The first-order chi connectivity index (χ1) is 11.7. The second-order valence-electron chi connectivity index (χ2n) is 5.14. The highest BCUT2D eigenvalue weighted by Gasteiger charge is 2.18. The van der Waals surface area contributed by atoms with Gasteiger partial charge < -0.3 is 10.1 Å². The first-order valence-electron chi connectivity index (χ1n) is 7.39. The maximum Gasteiger partial charge on any atom is 0.275 e. The molecule has 0 fully saturated rings. The number of hydrogen-bond donors (Lipinski definition) is 1. The van der Waals surface area contributed by atoms with Crippen LogP contribution in [0.2, 0.25) is 5.02 Å². The Kier molecular flexibility index (Phi) is 4.82. The van der Waals surface area contributed by atoms with E-state index in [2.05, 4.69) is 10.4 Å². The largest absolute Gasteiger partial charge is 0.493 e. The third kappa shape index (κ3) is 3.58. The second-order valence-corrected chi connectivity index (χ2v) is 5.57. The van der Waals surface area contributed by atoms with Crippen LogP contribution in [0.1, 0.15) is 16.1 Å². The predicted octanol–water partition coefficient (Wildman–Crippen LogP) is 3.46. The van der Waals surface area contributed by atoms with E-state index in [1.54, 1.807) is 23.0 Å². The first-order valence-corrected chi connectivity index (χ1v) is 7.77. The van der Waals surface area contributed by atoms with Gasteiger partial charge in [0, 0.05) is 11.6 Å². The molecule has 1 heterocycles. The van der Waals surface area contributed by atoms with Gasteiger partial charge in [-0.3, -0.25) is 4.79 Å². The molecule has 0 bridgehead atoms. The lowest BCUT2D eigenvalue weighted by Crippen LogP contribution is -2.23. The van der Waals surface area contributed by atoms with Gasteiger partial charge in [-0.1, -0.05) is 41.9 Å². The van der Waals surface area contributed by atoms with Crippen LogP contribution in [0.4, 0.5) is 0 Å². The van der Waals surface area contributed by atoms with E-state index in [4.69, 9.17) is 16.3 Å². The number of benzene rings is 2. The number of halogens is 1. The van der Waals surface area contributed by atoms with Gasteiger partial charge in [-0.15, -0.1) is 0 Å². The topological polar surface area (TPSA) is 56.2 Å². The summed E-state index contributed by atoms with van der Waals surface area (Å²) in [6, 6.07) is 16.8. The Hall–Kier alpha value is -2.79. The summed E-state index contributed by atoms with van der Waals surface area (Å²) in [5.74, 6) is 0.129. The van der Waals surface area contributed by atoms with Gasteiger partial charge in [0.2, 0.25) is 0 Å². The Labute approximate surface area is 144 Å². The third-order valence-electron chi connectivity index (χ3n) is 3.50. The fraction of sp³-hybridized carbons (Fsp3) is 0.111. The van der Waals surface area contributed by atoms with Gasteiger partial charge in [0.15, 0.2) is 11.4 Å². The van der Waals surface area contributed by atoms with Crippen molar-refractivity contribution >= 4 is 17.5 Å². The summed E-state index contributed by atoms with van der Waals surface area (Å²) in [7, 11) is 1.52. The lowest BCUT2D eigenvalue weighted by molar-refractivity contribution is 0.0942. The Morgan fingerprint density at radius 3 is 2.54 bits per heavy atom. The Bertz CT molecular complexity index is 829. The highest BCUT2D eigenvalue weighted by Crippen LogP contribution is 2.19. The third-order valence-corrected chi connectivity index (χ3v) is 3.75. The molecule has 2 aromatic carbocycles. The molecule has 0 saturated heterocycles. The minimum atomic E-state index is -0.295. The minimum absolute atomic E-state index is 0.246. The number of rotatable bonds is 5. The number of carbonyl (C=O) groups excluding carboxylic acids is 1. The summed E-state index contributed by atoms with van der Waals surface area (Å²) >= 11 is 5.85. The number of aromatic nitrogens is 2. The molecule has 1 amide bonds. The van der Waals surface area contributed by atoms with Crippen LogP contribution < -0.4 is 10.1 Å². The molecule has 0 atom stereocenters. The average Bonchev–Trinajstić information content (AvgIpc) is 3.06. The summed E-state index contributed by atoms with van der Waals surface area (Å²) in [5, 5.41) is 7.83. The first kappa shape index (κ1) is 16.1. The number of para-hydroxylation sites is 1. The molecule has 3 aromatic rings. The lowest BCUT2D eigenvalue weighted by Gasteiger charge is -2.05. The Morgan fingerprint density at radius 1 is 1.17 bits per heavy atom. The van der Waals surface area contributed by atoms with Crippen LogP contribution in [-0.4, -0.2) is 22.8 Å². The SMILES string of the molecule is COc1cn(-c2ccccc2)nc1C(=O)NCc1ccc(Cl)cc1. The van der Waals surface area contributed by atoms with Crippen molar-refractivity contribution in [3.8, 4) is 11.4 Å². The molecular formula is C18H16ClN3O2. The highest BCUT2D eigenvalue weighted by atomic mass is 35.5. The van der Waals surface area contributed by atoms with Crippen molar-refractivity contribution in [1.82, 2.24) is 15.1 Å². The van der Waals surface area contributed by atoms with Gasteiger partial charge >= 0.3 is 0 Å². The molecule has 1 aromatic heterocycles. The van der Waals surface area contributed by atoms with Crippen LogP contribution >= 0.6 is 11.6 Å². The molecule has 0 aliphatic rings. The fourth-order valence-corrected chi connectivity index (χ4v) is 2.37. The van der Waals surface area contributed by atoms with Crippen LogP contribution in [0.3, 0.4) is 0 Å². The quantitative estimate of drug-likeness (QED) is 0.773. The van der Waals surface area contributed by atoms with Crippen molar-refractivity contribution in [1.29, 1.82) is 0 Å². The number of nitrogens with zero attached hydrogens (tertiary/aromatic N) is 2. The summed E-state index contributed by atoms with van der Waals surface area (Å²) in [4.78, 5) is 12.4. The summed E-state index contributed by atoms with van der Waals surface area (Å²) in [6.07, 6.45) is 1.69. The van der Waals surface area contributed by atoms with Crippen molar-refractivity contribution in [2.75, 3.05) is 7.11 Å². The molecule has 0 radical (unpaired) electrons. The van der Waals surface area contributed by atoms with E-state index in [1.807, 2.05) is 42.5 Å². The monoisotopic (exact) mass is 341 g/mol. The van der Waals surface area contributed by atoms with Crippen molar-refractivity contribution in [2.24, 2.45) is 0 Å². The van der Waals surface area contributed by atoms with Crippen molar-refractivity contribution in [2.45, 2.75) is 6.54 Å². The molecular weight excluding hydrogens is 326 g/mol. The van der Waals surface area contributed by atoms with Crippen molar-refractivity contribution < 1.29 is 9.53 Å². The van der Waals surface area contributed by atoms with Gasteiger partial charge in [0.05, 0.1) is 19.0 Å². The van der Waals surface area contributed by atoms with Gasteiger partial charge in [0.25, 0.3) is 5.91 Å². The lowest BCUT2D eigenvalue weighted by atomic mass is 10.2. The van der Waals surface area contributed by atoms with Crippen LogP contribution in [-0.2, 0) is 6.54 Å². The average molecular weight is 342 g/mol. The summed E-state index contributed by atoms with van der Waals surface area (Å²) < 4.78 is 6.90. The van der Waals surface area contributed by atoms with Gasteiger partial charge in [-0.25, -0.2) is 4.68 Å². The molecule has 122 valence electrons. The van der Waals surface area contributed by atoms with E-state index >= 15 is 0 Å². The number of amides is 1. The van der Waals surface area contributed by atoms with E-state index in [0.29, 0.717) is 17.3 Å². The van der Waals surface area contributed by atoms with Crippen molar-refractivity contribution in [3.63, 3.8) is 0 Å². The Morgan fingerprint density at radius 2 is 1.88 bits per heavy atom. The van der Waals surface area contributed by atoms with Crippen molar-refractivity contribution in [3.05, 3.63) is 77.1 Å². The minimum Gasteiger partial charge on any atom is -0.493 e. The number of hydrogen-bond acceptors (Lipinski definition) is 3. The van der Waals surface area contributed by atoms with E-state index < -0.39 is 0 Å². The molecule has 0 aliphatic heterocycles. The van der Waals surface area contributed by atoms with E-state index in [9.17, 15) is 4.79 Å². The molecule has 0 unspecified atom stereocenters. The molecule has 0 aliphatic carbocycles. The number of methoxy groups -OCH3 is 1. The maximum atomic E-state index is 12.4. The zero-order valence-electron chi connectivity index (χ0n) is 13.1. The smallest absolute Gasteiger partial charge is 0.275 e. The number of ether oxygens (including phenoxy) is 1. The van der Waals surface area contributed by atoms with Crippen LogP contribution in [0.5, 0.6) is 5.75 Å². The molecule has 0 saturated carbocycles. The van der Waals surface area contributed by atoms with Crippen LogP contribution in [0.15, 0.2) is 60.8 Å². The molecule has 5 nitrogen and oxygen atoms in total. The molecule has 24 heavy (non-hydrogen) atoms. The van der Waals surface area contributed by atoms with Gasteiger partial charge in [-0.05, 0) is 29.8 Å². The molecule has 6 heteroatoms. The predicted molar refractivity (Wildman–Crippen MR) is 92.7 cm³/mol. The number of carbonyl (C=O) groups is 1. The number of nitrogens with one attached hydrogen (secondary N) is 1. The zero-order valence-corrected chi connectivity index (χ0v) is 13.8. The van der Waals surface area contributed by atoms with Crippen LogP contribution in [0.25, 0.3) is 5.69 Å². The van der Waals surface area contributed by atoms with Crippen LogP contribution in [0, 0.1) is 0 Å². The second kappa shape index (κ2) is 7.19. The standard InChI is InChI=1S/C18H16ClN3O2/c1-24-16-12-22(15-5-3-2-4-6-15)21-17(16)18(23)20-11-13-7-9-14(19)10-8-13/h2-10,12H,11H2,1H3,(H,20,23). The zero-order chi connectivity index (χ0) is 16.9.